The first-order valence-corrected chi connectivity index (χ1v) is 6.51. The molecule has 0 atom stereocenters. The summed E-state index contributed by atoms with van der Waals surface area (Å²) in [6, 6.07) is 11.4. The quantitative estimate of drug-likeness (QED) is 0.444. The van der Waals surface area contributed by atoms with Gasteiger partial charge in [0.15, 0.2) is 5.75 Å². The van der Waals surface area contributed by atoms with Crippen molar-refractivity contribution in [2.45, 2.75) is 6.42 Å². The molecule has 0 aliphatic heterocycles. The number of amides is 1. The molecule has 7 nitrogen and oxygen atoms in total. The number of phenolic OH excluding ortho intramolecular Hbond substituents is 2. The van der Waals surface area contributed by atoms with Crippen LogP contribution in [-0.4, -0.2) is 27.6 Å². The van der Waals surface area contributed by atoms with Crippen LogP contribution < -0.4 is 5.32 Å². The summed E-state index contributed by atoms with van der Waals surface area (Å²) in [5.74, 6) is -2.12. The molecule has 114 valence electrons. The predicted octanol–water partition coefficient (Wildman–Crippen LogP) is 1.98. The summed E-state index contributed by atoms with van der Waals surface area (Å²) in [5.41, 5.74) is 0.241. The van der Waals surface area contributed by atoms with E-state index in [0.29, 0.717) is 13.0 Å². The van der Waals surface area contributed by atoms with E-state index in [4.69, 9.17) is 0 Å². The highest BCUT2D eigenvalue weighted by atomic mass is 16.6. The zero-order valence-electron chi connectivity index (χ0n) is 11.5. The van der Waals surface area contributed by atoms with Crippen LogP contribution in [0.15, 0.2) is 42.5 Å². The molecule has 0 aliphatic carbocycles. The van der Waals surface area contributed by atoms with Crippen molar-refractivity contribution >= 4 is 11.6 Å². The first kappa shape index (κ1) is 15.3. The molecule has 0 unspecified atom stereocenters. The van der Waals surface area contributed by atoms with Crippen LogP contribution in [0.2, 0.25) is 0 Å². The Balaban J connectivity index is 2.05. The van der Waals surface area contributed by atoms with Gasteiger partial charge in [0.25, 0.3) is 5.91 Å². The van der Waals surface area contributed by atoms with Gasteiger partial charge in [0.1, 0.15) is 0 Å². The molecule has 0 saturated heterocycles. The number of nitro benzene ring substituents is 1. The van der Waals surface area contributed by atoms with Crippen molar-refractivity contribution in [2.75, 3.05) is 6.54 Å². The standard InChI is InChI=1S/C15H14N2O5/c18-13-9-11(8-12(14(13)19)17(21)22)15(20)16-7-6-10-4-2-1-3-5-10/h1-5,8-9,18-19H,6-7H2,(H,16,20). The number of phenols is 2. The molecule has 0 bridgehead atoms. The number of nitro groups is 1. The maximum Gasteiger partial charge on any atom is 0.315 e. The average molecular weight is 302 g/mol. The van der Waals surface area contributed by atoms with E-state index in [2.05, 4.69) is 5.32 Å². The summed E-state index contributed by atoms with van der Waals surface area (Å²) in [6.45, 7) is 0.346. The molecule has 2 rings (SSSR count). The third kappa shape index (κ3) is 3.51. The number of carbonyl (C=O) groups is 1. The van der Waals surface area contributed by atoms with Gasteiger partial charge in [0.05, 0.1) is 10.5 Å². The van der Waals surface area contributed by atoms with Crippen LogP contribution in [0.4, 0.5) is 5.69 Å². The predicted molar refractivity (Wildman–Crippen MR) is 78.9 cm³/mol. The Morgan fingerprint density at radius 3 is 2.50 bits per heavy atom. The molecule has 2 aromatic rings. The van der Waals surface area contributed by atoms with E-state index in [1.807, 2.05) is 30.3 Å². The molecule has 0 heterocycles. The van der Waals surface area contributed by atoms with Crippen molar-refractivity contribution in [1.82, 2.24) is 5.32 Å². The highest BCUT2D eigenvalue weighted by molar-refractivity contribution is 5.95. The van der Waals surface area contributed by atoms with Gasteiger partial charge in [-0.15, -0.1) is 0 Å². The molecule has 0 fully saturated rings. The fourth-order valence-corrected chi connectivity index (χ4v) is 1.94. The zero-order chi connectivity index (χ0) is 16.1. The minimum absolute atomic E-state index is 0.0879. The van der Waals surface area contributed by atoms with Gasteiger partial charge in [-0.2, -0.15) is 0 Å². The summed E-state index contributed by atoms with van der Waals surface area (Å²) < 4.78 is 0. The van der Waals surface area contributed by atoms with Gasteiger partial charge in [-0.05, 0) is 18.1 Å². The monoisotopic (exact) mass is 302 g/mol. The van der Waals surface area contributed by atoms with Gasteiger partial charge in [0, 0.05) is 12.6 Å². The number of hydrogen-bond acceptors (Lipinski definition) is 5. The maximum atomic E-state index is 11.9. The lowest BCUT2D eigenvalue weighted by Crippen LogP contribution is -2.25. The largest absolute Gasteiger partial charge is 0.504 e. The van der Waals surface area contributed by atoms with Crippen LogP contribution in [0.25, 0.3) is 0 Å². The Morgan fingerprint density at radius 1 is 1.18 bits per heavy atom. The Labute approximate surface area is 126 Å². The lowest BCUT2D eigenvalue weighted by molar-refractivity contribution is -0.386. The van der Waals surface area contributed by atoms with Crippen LogP contribution >= 0.6 is 0 Å². The molecule has 0 aliphatic rings. The van der Waals surface area contributed by atoms with Gasteiger partial charge in [-0.1, -0.05) is 30.3 Å². The fourth-order valence-electron chi connectivity index (χ4n) is 1.94. The molecule has 0 aromatic heterocycles. The van der Waals surface area contributed by atoms with Crippen molar-refractivity contribution in [3.8, 4) is 11.5 Å². The van der Waals surface area contributed by atoms with Crippen molar-refractivity contribution in [1.29, 1.82) is 0 Å². The van der Waals surface area contributed by atoms with Crippen LogP contribution in [0.1, 0.15) is 15.9 Å². The zero-order valence-corrected chi connectivity index (χ0v) is 11.5. The Morgan fingerprint density at radius 2 is 1.86 bits per heavy atom. The van der Waals surface area contributed by atoms with Gasteiger partial charge in [0.2, 0.25) is 5.75 Å². The number of nitrogens with zero attached hydrogens (tertiary/aromatic N) is 1. The molecular formula is C15H14N2O5. The Bertz CT molecular complexity index is 701. The summed E-state index contributed by atoms with van der Waals surface area (Å²) in [7, 11) is 0. The number of aromatic hydroxyl groups is 2. The number of nitrogens with one attached hydrogen (secondary N) is 1. The maximum absolute atomic E-state index is 11.9. The van der Waals surface area contributed by atoms with Crippen LogP contribution in [-0.2, 0) is 6.42 Å². The molecule has 0 radical (unpaired) electrons. The molecule has 3 N–H and O–H groups in total. The van der Waals surface area contributed by atoms with Crippen molar-refractivity contribution in [3.05, 3.63) is 63.7 Å². The van der Waals surface area contributed by atoms with E-state index in [1.54, 1.807) is 0 Å². The highest BCUT2D eigenvalue weighted by Crippen LogP contribution is 2.35. The fraction of sp³-hybridized carbons (Fsp3) is 0.133. The normalized spacial score (nSPS) is 10.2. The third-order valence-corrected chi connectivity index (χ3v) is 3.07. The lowest BCUT2D eigenvalue weighted by atomic mass is 10.1. The number of rotatable bonds is 5. The minimum Gasteiger partial charge on any atom is -0.504 e. The second-order valence-electron chi connectivity index (χ2n) is 4.61. The SMILES string of the molecule is O=C(NCCc1ccccc1)c1cc(O)c(O)c([N+](=O)[O-])c1. The summed E-state index contributed by atoms with van der Waals surface area (Å²) in [4.78, 5) is 21.8. The molecule has 0 saturated carbocycles. The first-order valence-electron chi connectivity index (χ1n) is 6.51. The van der Waals surface area contributed by atoms with E-state index < -0.39 is 28.0 Å². The second kappa shape index (κ2) is 6.57. The molecule has 1 amide bonds. The summed E-state index contributed by atoms with van der Waals surface area (Å²) >= 11 is 0. The molecule has 2 aromatic carbocycles. The second-order valence-corrected chi connectivity index (χ2v) is 4.61. The minimum atomic E-state index is -0.865. The Hall–Kier alpha value is -3.09. The molecule has 0 spiro atoms. The van der Waals surface area contributed by atoms with Gasteiger partial charge in [-0.3, -0.25) is 14.9 Å². The van der Waals surface area contributed by atoms with Crippen LogP contribution in [0.3, 0.4) is 0 Å². The van der Waals surface area contributed by atoms with Crippen molar-refractivity contribution in [3.63, 3.8) is 0 Å². The molecular weight excluding hydrogens is 288 g/mol. The van der Waals surface area contributed by atoms with E-state index >= 15 is 0 Å². The van der Waals surface area contributed by atoms with Crippen molar-refractivity contribution in [2.24, 2.45) is 0 Å². The average Bonchev–Trinajstić information content (AvgIpc) is 2.50. The molecule has 7 heteroatoms. The third-order valence-electron chi connectivity index (χ3n) is 3.07. The smallest absolute Gasteiger partial charge is 0.315 e. The van der Waals surface area contributed by atoms with E-state index in [0.717, 1.165) is 17.7 Å². The summed E-state index contributed by atoms with van der Waals surface area (Å²) in [5, 5.41) is 32.2. The van der Waals surface area contributed by atoms with E-state index in [1.165, 1.54) is 0 Å². The van der Waals surface area contributed by atoms with E-state index in [9.17, 15) is 25.1 Å². The lowest BCUT2D eigenvalue weighted by Gasteiger charge is -2.07. The number of hydrogen-bond donors (Lipinski definition) is 3. The highest BCUT2D eigenvalue weighted by Gasteiger charge is 2.21. The number of carbonyl (C=O) groups excluding carboxylic acids is 1. The Kier molecular flexibility index (Phi) is 4.57. The van der Waals surface area contributed by atoms with Gasteiger partial charge >= 0.3 is 5.69 Å². The first-order chi connectivity index (χ1) is 10.5. The van der Waals surface area contributed by atoms with Gasteiger partial charge < -0.3 is 15.5 Å². The van der Waals surface area contributed by atoms with Gasteiger partial charge in [-0.25, -0.2) is 0 Å². The number of benzene rings is 2. The molecule has 22 heavy (non-hydrogen) atoms. The van der Waals surface area contributed by atoms with Crippen molar-refractivity contribution < 1.29 is 19.9 Å². The summed E-state index contributed by atoms with van der Waals surface area (Å²) in [6.07, 6.45) is 0.610. The van der Waals surface area contributed by atoms with Crippen LogP contribution in [0, 0.1) is 10.1 Å². The topological polar surface area (TPSA) is 113 Å². The van der Waals surface area contributed by atoms with Crippen LogP contribution in [0.5, 0.6) is 11.5 Å². The van der Waals surface area contributed by atoms with E-state index in [-0.39, 0.29) is 5.56 Å².